The Hall–Kier alpha value is -3.82. The van der Waals surface area contributed by atoms with E-state index in [0.717, 1.165) is 29.9 Å². The molecule has 1 aromatic heterocycles. The van der Waals surface area contributed by atoms with Crippen molar-refractivity contribution in [1.29, 1.82) is 0 Å². The fourth-order valence-corrected chi connectivity index (χ4v) is 5.88. The summed E-state index contributed by atoms with van der Waals surface area (Å²) in [5.41, 5.74) is 3.07. The van der Waals surface area contributed by atoms with Crippen LogP contribution in [0.5, 0.6) is 0 Å². The van der Waals surface area contributed by atoms with E-state index in [1.165, 1.54) is 17.7 Å². The molecule has 3 heterocycles. The van der Waals surface area contributed by atoms with Crippen LogP contribution in [0.2, 0.25) is 0 Å². The number of hydrogen-bond acceptors (Lipinski definition) is 6. The van der Waals surface area contributed by atoms with Crippen LogP contribution in [-0.4, -0.2) is 82.6 Å². The number of carbonyl (C=O) groups is 3. The summed E-state index contributed by atoms with van der Waals surface area (Å²) in [6.45, 7) is 4.80. The molecule has 196 valence electrons. The third-order valence-electron chi connectivity index (χ3n) is 7.87. The van der Waals surface area contributed by atoms with Crippen LogP contribution >= 0.6 is 0 Å². The number of carboxylic acid groups (broad SMARTS) is 1. The number of anilines is 4. The number of aromatic nitrogens is 1. The average molecular weight is 507 g/mol. The first-order valence-electron chi connectivity index (χ1n) is 13.0. The Morgan fingerprint density at radius 1 is 1.08 bits per heavy atom. The van der Waals surface area contributed by atoms with Crippen molar-refractivity contribution >= 4 is 40.8 Å². The second-order valence-corrected chi connectivity index (χ2v) is 10.3. The average Bonchev–Trinajstić information content (AvgIpc) is 3.41. The van der Waals surface area contributed by atoms with Crippen molar-refractivity contribution in [2.45, 2.75) is 57.7 Å². The standard InChI is InChI=1S/C27H34N6O4/c1-17-16-31(11-12-32(17)27(36)37)26(35)19-7-6-8-20(13-19)29-24-14-22-23(15-28-24)30(3)25(34)18(2)33(22)21-9-4-5-10-21/h6-8,13-15,17-18,21H,4-5,9-12,16H2,1-3H3,(H,28,29)(H,36,37). The molecule has 1 aliphatic carbocycles. The van der Waals surface area contributed by atoms with Crippen molar-refractivity contribution in [3.63, 3.8) is 0 Å². The van der Waals surface area contributed by atoms with Crippen molar-refractivity contribution in [2.24, 2.45) is 0 Å². The molecule has 10 heteroatoms. The molecule has 2 aromatic rings. The highest BCUT2D eigenvalue weighted by Gasteiger charge is 2.38. The highest BCUT2D eigenvalue weighted by Crippen LogP contribution is 2.41. The predicted octanol–water partition coefficient (Wildman–Crippen LogP) is 3.76. The Labute approximate surface area is 216 Å². The quantitative estimate of drug-likeness (QED) is 0.650. The number of likely N-dealkylation sites (N-methyl/N-ethyl adjacent to an activating group) is 1. The van der Waals surface area contributed by atoms with Gasteiger partial charge < -0.3 is 30.0 Å². The molecule has 37 heavy (non-hydrogen) atoms. The van der Waals surface area contributed by atoms with Crippen LogP contribution in [0.25, 0.3) is 0 Å². The van der Waals surface area contributed by atoms with E-state index in [-0.39, 0.29) is 23.9 Å². The van der Waals surface area contributed by atoms with E-state index in [1.807, 2.05) is 32.0 Å². The summed E-state index contributed by atoms with van der Waals surface area (Å²) in [4.78, 5) is 49.0. The lowest BCUT2D eigenvalue weighted by Gasteiger charge is -2.43. The Balaban J connectivity index is 1.36. The lowest BCUT2D eigenvalue weighted by atomic mass is 10.0. The van der Waals surface area contributed by atoms with Crippen LogP contribution < -0.4 is 15.1 Å². The van der Waals surface area contributed by atoms with Gasteiger partial charge in [-0.05, 0) is 44.9 Å². The minimum absolute atomic E-state index is 0.0756. The van der Waals surface area contributed by atoms with E-state index in [2.05, 4.69) is 15.2 Å². The Bertz CT molecular complexity index is 1210. The maximum absolute atomic E-state index is 13.2. The van der Waals surface area contributed by atoms with Gasteiger partial charge in [-0.3, -0.25) is 9.59 Å². The molecule has 2 aliphatic heterocycles. The lowest BCUT2D eigenvalue weighted by molar-refractivity contribution is -0.119. The third-order valence-corrected chi connectivity index (χ3v) is 7.87. The van der Waals surface area contributed by atoms with Crippen LogP contribution in [0.4, 0.5) is 27.7 Å². The normalized spacial score (nSPS) is 22.3. The molecule has 2 N–H and O–H groups in total. The summed E-state index contributed by atoms with van der Waals surface area (Å²) < 4.78 is 0. The monoisotopic (exact) mass is 506 g/mol. The summed E-state index contributed by atoms with van der Waals surface area (Å²) in [7, 11) is 1.80. The van der Waals surface area contributed by atoms with Gasteiger partial charge in [0.25, 0.3) is 5.91 Å². The van der Waals surface area contributed by atoms with Gasteiger partial charge in [-0.1, -0.05) is 18.9 Å². The molecule has 1 saturated carbocycles. The molecule has 3 amide bonds. The molecule has 2 fully saturated rings. The summed E-state index contributed by atoms with van der Waals surface area (Å²) in [6, 6.07) is 9.12. The zero-order valence-corrected chi connectivity index (χ0v) is 21.6. The second kappa shape index (κ2) is 9.91. The van der Waals surface area contributed by atoms with E-state index in [1.54, 1.807) is 35.2 Å². The van der Waals surface area contributed by atoms with Crippen LogP contribution in [0.15, 0.2) is 36.5 Å². The first-order chi connectivity index (χ1) is 17.7. The third kappa shape index (κ3) is 4.68. The molecule has 5 rings (SSSR count). The van der Waals surface area contributed by atoms with Gasteiger partial charge in [-0.2, -0.15) is 0 Å². The van der Waals surface area contributed by atoms with Gasteiger partial charge in [0.15, 0.2) is 0 Å². The zero-order chi connectivity index (χ0) is 26.3. The van der Waals surface area contributed by atoms with Gasteiger partial charge in [-0.15, -0.1) is 0 Å². The largest absolute Gasteiger partial charge is 0.465 e. The smallest absolute Gasteiger partial charge is 0.407 e. The van der Waals surface area contributed by atoms with Gasteiger partial charge >= 0.3 is 6.09 Å². The highest BCUT2D eigenvalue weighted by atomic mass is 16.4. The molecule has 1 aromatic carbocycles. The topological polar surface area (TPSA) is 109 Å². The van der Waals surface area contributed by atoms with Gasteiger partial charge in [0, 0.05) is 56.1 Å². The first kappa shape index (κ1) is 24.9. The van der Waals surface area contributed by atoms with Gasteiger partial charge in [0.2, 0.25) is 5.91 Å². The molecule has 0 bridgehead atoms. The van der Waals surface area contributed by atoms with Crippen molar-refractivity contribution < 1.29 is 19.5 Å². The minimum atomic E-state index is -0.959. The van der Waals surface area contributed by atoms with E-state index in [4.69, 9.17) is 0 Å². The van der Waals surface area contributed by atoms with Crippen LogP contribution in [-0.2, 0) is 4.79 Å². The van der Waals surface area contributed by atoms with Crippen molar-refractivity contribution in [3.8, 4) is 0 Å². The molecule has 1 saturated heterocycles. The Morgan fingerprint density at radius 2 is 1.84 bits per heavy atom. The predicted molar refractivity (Wildman–Crippen MR) is 142 cm³/mol. The molecule has 3 aliphatic rings. The maximum Gasteiger partial charge on any atom is 0.407 e. The van der Waals surface area contributed by atoms with E-state index >= 15 is 0 Å². The molecule has 2 atom stereocenters. The van der Waals surface area contributed by atoms with Gasteiger partial charge in [0.05, 0.1) is 17.6 Å². The summed E-state index contributed by atoms with van der Waals surface area (Å²) in [5.74, 6) is 0.594. The summed E-state index contributed by atoms with van der Waals surface area (Å²) in [5, 5.41) is 12.6. The van der Waals surface area contributed by atoms with E-state index < -0.39 is 6.09 Å². The van der Waals surface area contributed by atoms with Crippen molar-refractivity contribution in [3.05, 3.63) is 42.1 Å². The number of amides is 3. The van der Waals surface area contributed by atoms with Gasteiger partial charge in [-0.25, -0.2) is 9.78 Å². The number of benzene rings is 1. The van der Waals surface area contributed by atoms with Crippen LogP contribution in [0.3, 0.4) is 0 Å². The number of carbonyl (C=O) groups excluding carboxylic acids is 2. The minimum Gasteiger partial charge on any atom is -0.465 e. The maximum atomic E-state index is 13.2. The van der Waals surface area contributed by atoms with Gasteiger partial charge in [0.1, 0.15) is 11.9 Å². The molecular weight excluding hydrogens is 472 g/mol. The number of pyridine rings is 1. The highest BCUT2D eigenvalue weighted by molar-refractivity contribution is 6.05. The number of fused-ring (bicyclic) bond motifs is 1. The SMILES string of the molecule is CC1CN(C(=O)c2cccc(Nc3cc4c(cn3)N(C)C(=O)C(C)N4C3CCCC3)c2)CCN1C(=O)O. The molecule has 0 spiro atoms. The summed E-state index contributed by atoms with van der Waals surface area (Å²) >= 11 is 0. The van der Waals surface area contributed by atoms with Crippen LogP contribution in [0.1, 0.15) is 49.9 Å². The van der Waals surface area contributed by atoms with E-state index in [0.29, 0.717) is 37.1 Å². The van der Waals surface area contributed by atoms with E-state index in [9.17, 15) is 19.5 Å². The van der Waals surface area contributed by atoms with Crippen molar-refractivity contribution in [2.75, 3.05) is 41.8 Å². The first-order valence-corrected chi connectivity index (χ1v) is 13.0. The fourth-order valence-electron chi connectivity index (χ4n) is 5.88. The molecular formula is C27H34N6O4. The van der Waals surface area contributed by atoms with Crippen LogP contribution in [0, 0.1) is 0 Å². The Kier molecular flexibility index (Phi) is 6.66. The fraction of sp³-hybridized carbons (Fsp3) is 0.481. The second-order valence-electron chi connectivity index (χ2n) is 10.3. The molecule has 2 unspecified atom stereocenters. The number of piperazine rings is 1. The zero-order valence-electron chi connectivity index (χ0n) is 21.6. The number of rotatable bonds is 4. The number of nitrogens with zero attached hydrogens (tertiary/aromatic N) is 5. The van der Waals surface area contributed by atoms with Crippen molar-refractivity contribution in [1.82, 2.24) is 14.8 Å². The lowest BCUT2D eigenvalue weighted by Crippen LogP contribution is -2.55. The molecule has 0 radical (unpaired) electrons. The molecule has 10 nitrogen and oxygen atoms in total. The summed E-state index contributed by atoms with van der Waals surface area (Å²) in [6.07, 6.45) is 5.29. The number of nitrogens with one attached hydrogen (secondary N) is 1. The number of hydrogen-bond donors (Lipinski definition) is 2. The Morgan fingerprint density at radius 3 is 2.54 bits per heavy atom.